The van der Waals surface area contributed by atoms with Gasteiger partial charge in [0.05, 0.1) is 24.7 Å². The number of nitrogens with zero attached hydrogens (tertiary/aromatic N) is 2. The molecular weight excluding hydrogens is 376 g/mol. The number of rotatable bonds is 6. The van der Waals surface area contributed by atoms with Crippen molar-refractivity contribution in [3.05, 3.63) is 96.6 Å². The Labute approximate surface area is 174 Å². The summed E-state index contributed by atoms with van der Waals surface area (Å²) in [5, 5.41) is 3.31. The molecule has 3 N–H and O–H groups in total. The topological polar surface area (TPSA) is 90.1 Å². The molecule has 0 bridgehead atoms. The van der Waals surface area contributed by atoms with E-state index in [-0.39, 0.29) is 5.78 Å². The maximum atomic E-state index is 12.9. The Morgan fingerprint density at radius 1 is 0.933 bits per heavy atom. The monoisotopic (exact) mass is 396 g/mol. The van der Waals surface area contributed by atoms with Gasteiger partial charge >= 0.3 is 0 Å². The van der Waals surface area contributed by atoms with Crippen molar-refractivity contribution in [2.45, 2.75) is 0 Å². The third kappa shape index (κ3) is 3.98. The van der Waals surface area contributed by atoms with E-state index < -0.39 is 0 Å². The molecule has 0 spiro atoms. The summed E-state index contributed by atoms with van der Waals surface area (Å²) in [6.07, 6.45) is 6.62. The molecule has 0 fully saturated rings. The highest BCUT2D eigenvalue weighted by molar-refractivity contribution is 6.13. The van der Waals surface area contributed by atoms with Crippen molar-refractivity contribution in [3.63, 3.8) is 0 Å². The van der Waals surface area contributed by atoms with Crippen LogP contribution < -0.4 is 15.8 Å². The first kappa shape index (κ1) is 19.1. The number of anilines is 3. The molecule has 0 radical (unpaired) electrons. The number of carbonyl (C=O) groups is 1. The largest absolute Gasteiger partial charge is 0.497 e. The van der Waals surface area contributed by atoms with E-state index in [1.165, 1.54) is 6.20 Å². The lowest BCUT2D eigenvalue weighted by Gasteiger charge is -2.12. The van der Waals surface area contributed by atoms with E-state index in [4.69, 9.17) is 10.5 Å². The van der Waals surface area contributed by atoms with Crippen molar-refractivity contribution >= 4 is 22.8 Å². The Morgan fingerprint density at radius 3 is 2.50 bits per heavy atom. The van der Waals surface area contributed by atoms with Crippen LogP contribution >= 0.6 is 0 Å². The molecule has 0 amide bonds. The van der Waals surface area contributed by atoms with Gasteiger partial charge in [-0.05, 0) is 48.5 Å². The normalized spacial score (nSPS) is 10.4. The zero-order valence-electron chi connectivity index (χ0n) is 16.4. The van der Waals surface area contributed by atoms with Gasteiger partial charge in [0.25, 0.3) is 0 Å². The molecule has 0 aliphatic carbocycles. The van der Waals surface area contributed by atoms with E-state index in [1.54, 1.807) is 43.9 Å². The lowest BCUT2D eigenvalue weighted by Crippen LogP contribution is -2.07. The fourth-order valence-corrected chi connectivity index (χ4v) is 3.16. The van der Waals surface area contributed by atoms with Gasteiger partial charge in [0.1, 0.15) is 5.75 Å². The smallest absolute Gasteiger partial charge is 0.196 e. The van der Waals surface area contributed by atoms with Crippen LogP contribution in [-0.2, 0) is 0 Å². The van der Waals surface area contributed by atoms with Gasteiger partial charge in [-0.1, -0.05) is 12.1 Å². The highest BCUT2D eigenvalue weighted by atomic mass is 16.5. The zero-order valence-corrected chi connectivity index (χ0v) is 16.4. The Bertz CT molecular complexity index is 1180. The summed E-state index contributed by atoms with van der Waals surface area (Å²) in [6, 6.07) is 18.4. The number of hydrogen-bond acceptors (Lipinski definition) is 6. The van der Waals surface area contributed by atoms with Crippen molar-refractivity contribution in [2.75, 3.05) is 18.2 Å². The summed E-state index contributed by atoms with van der Waals surface area (Å²) in [7, 11) is 1.63. The maximum Gasteiger partial charge on any atom is 0.196 e. The number of ether oxygens (including phenoxy) is 1. The SMILES string of the molecule is COc1ccc(Nc2cncc(-c3cccc(C(=O)c4cccnc4)c3N)c2)cc1. The lowest BCUT2D eigenvalue weighted by atomic mass is 9.97. The van der Waals surface area contributed by atoms with Crippen molar-refractivity contribution in [3.8, 4) is 16.9 Å². The van der Waals surface area contributed by atoms with Crippen LogP contribution in [0.25, 0.3) is 11.1 Å². The first-order valence-corrected chi connectivity index (χ1v) is 9.35. The van der Waals surface area contributed by atoms with Crippen LogP contribution in [0.1, 0.15) is 15.9 Å². The number of benzene rings is 2. The Kier molecular flexibility index (Phi) is 5.39. The lowest BCUT2D eigenvalue weighted by molar-refractivity contribution is 0.103. The number of nitrogen functional groups attached to an aromatic ring is 1. The van der Waals surface area contributed by atoms with E-state index >= 15 is 0 Å². The van der Waals surface area contributed by atoms with Crippen LogP contribution in [0.4, 0.5) is 17.1 Å². The van der Waals surface area contributed by atoms with Crippen molar-refractivity contribution in [1.29, 1.82) is 0 Å². The minimum Gasteiger partial charge on any atom is -0.497 e. The Hall–Kier alpha value is -4.19. The fourth-order valence-electron chi connectivity index (χ4n) is 3.16. The van der Waals surface area contributed by atoms with Crippen LogP contribution in [0.3, 0.4) is 0 Å². The number of carbonyl (C=O) groups excluding carboxylic acids is 1. The maximum absolute atomic E-state index is 12.9. The predicted molar refractivity (Wildman–Crippen MR) is 118 cm³/mol. The fraction of sp³-hybridized carbons (Fsp3) is 0.0417. The summed E-state index contributed by atoms with van der Waals surface area (Å²) >= 11 is 0. The first-order chi connectivity index (χ1) is 14.7. The number of nitrogens with two attached hydrogens (primary N) is 1. The highest BCUT2D eigenvalue weighted by Crippen LogP contribution is 2.31. The standard InChI is InChI=1S/C24H20N4O2/c1-30-20-9-7-18(8-10-20)28-19-12-17(14-27-15-19)21-5-2-6-22(23(21)25)24(29)16-4-3-11-26-13-16/h2-15,28H,25H2,1H3. The molecule has 0 saturated carbocycles. The third-order valence-electron chi connectivity index (χ3n) is 4.70. The van der Waals surface area contributed by atoms with Gasteiger partial charge in [-0.2, -0.15) is 0 Å². The average Bonchev–Trinajstić information content (AvgIpc) is 2.80. The summed E-state index contributed by atoms with van der Waals surface area (Å²) in [4.78, 5) is 21.2. The molecule has 2 aromatic carbocycles. The predicted octanol–water partition coefficient (Wildman–Crippen LogP) is 4.71. The number of nitrogens with one attached hydrogen (secondary N) is 1. The molecule has 148 valence electrons. The quantitative estimate of drug-likeness (QED) is 0.362. The molecule has 2 heterocycles. The van der Waals surface area contributed by atoms with Gasteiger partial charge in [0.2, 0.25) is 0 Å². The first-order valence-electron chi connectivity index (χ1n) is 9.35. The van der Waals surface area contributed by atoms with E-state index in [1.807, 2.05) is 42.5 Å². The van der Waals surface area contributed by atoms with E-state index in [0.29, 0.717) is 16.8 Å². The molecule has 0 atom stereocenters. The Balaban J connectivity index is 1.64. The number of aromatic nitrogens is 2. The minimum atomic E-state index is -0.164. The molecule has 6 heteroatoms. The zero-order chi connectivity index (χ0) is 20.9. The van der Waals surface area contributed by atoms with Crippen LogP contribution in [0, 0.1) is 0 Å². The molecule has 2 aromatic heterocycles. The van der Waals surface area contributed by atoms with Gasteiger partial charge in [-0.15, -0.1) is 0 Å². The molecular formula is C24H20N4O2. The highest BCUT2D eigenvalue weighted by Gasteiger charge is 2.16. The molecule has 30 heavy (non-hydrogen) atoms. The number of pyridine rings is 2. The molecule has 0 aliphatic heterocycles. The van der Waals surface area contributed by atoms with Crippen molar-refractivity contribution in [2.24, 2.45) is 0 Å². The molecule has 0 aliphatic rings. The molecule has 4 aromatic rings. The summed E-state index contributed by atoms with van der Waals surface area (Å²) in [5.74, 6) is 0.623. The van der Waals surface area contributed by atoms with Crippen molar-refractivity contribution < 1.29 is 9.53 Å². The summed E-state index contributed by atoms with van der Waals surface area (Å²) in [5.41, 5.74) is 11.0. The molecule has 6 nitrogen and oxygen atoms in total. The number of ketones is 1. The number of methoxy groups -OCH3 is 1. The van der Waals surface area contributed by atoms with E-state index in [2.05, 4.69) is 15.3 Å². The summed E-state index contributed by atoms with van der Waals surface area (Å²) in [6.45, 7) is 0. The average molecular weight is 396 g/mol. The van der Waals surface area contributed by atoms with Crippen molar-refractivity contribution in [1.82, 2.24) is 9.97 Å². The van der Waals surface area contributed by atoms with Crippen LogP contribution in [-0.4, -0.2) is 22.9 Å². The summed E-state index contributed by atoms with van der Waals surface area (Å²) < 4.78 is 5.19. The third-order valence-corrected chi connectivity index (χ3v) is 4.70. The number of para-hydroxylation sites is 1. The van der Waals surface area contributed by atoms with Gasteiger partial charge < -0.3 is 15.8 Å². The molecule has 4 rings (SSSR count). The van der Waals surface area contributed by atoms with E-state index in [0.717, 1.165) is 28.3 Å². The second-order valence-corrected chi connectivity index (χ2v) is 6.65. The van der Waals surface area contributed by atoms with Crippen LogP contribution in [0.2, 0.25) is 0 Å². The second-order valence-electron chi connectivity index (χ2n) is 6.65. The van der Waals surface area contributed by atoms with Gasteiger partial charge in [-0.25, -0.2) is 0 Å². The van der Waals surface area contributed by atoms with Crippen LogP contribution in [0.5, 0.6) is 5.75 Å². The van der Waals surface area contributed by atoms with Gasteiger partial charge in [-0.3, -0.25) is 14.8 Å². The van der Waals surface area contributed by atoms with E-state index in [9.17, 15) is 4.79 Å². The second kappa shape index (κ2) is 8.45. The van der Waals surface area contributed by atoms with Gasteiger partial charge in [0, 0.05) is 46.5 Å². The minimum absolute atomic E-state index is 0.164. The number of hydrogen-bond donors (Lipinski definition) is 2. The van der Waals surface area contributed by atoms with Crippen LogP contribution in [0.15, 0.2) is 85.5 Å². The molecule has 0 saturated heterocycles. The Morgan fingerprint density at radius 2 is 1.77 bits per heavy atom. The van der Waals surface area contributed by atoms with Gasteiger partial charge in [0.15, 0.2) is 5.78 Å². The molecule has 0 unspecified atom stereocenters.